The zero-order valence-corrected chi connectivity index (χ0v) is 17.5. The van der Waals surface area contributed by atoms with Crippen molar-refractivity contribution < 1.29 is 4.43 Å². The molecular weight excluding hydrogens is 316 g/mol. The van der Waals surface area contributed by atoms with Crippen LogP contribution in [0.15, 0.2) is 60.7 Å². The van der Waals surface area contributed by atoms with Gasteiger partial charge >= 0.3 is 0 Å². The van der Waals surface area contributed by atoms with Crippen molar-refractivity contribution in [2.75, 3.05) is 0 Å². The fourth-order valence-corrected chi connectivity index (χ4v) is 30.5. The SMILES string of the molecule is CC1(C)C[Si](C)(C)[Si](c2ccccc2)(c2ccccc2)[SiH2]O1. The minimum Gasteiger partial charge on any atom is -0.422 e. The molecule has 1 nitrogen and oxygen atoms in total. The molecule has 1 heterocycles. The van der Waals surface area contributed by atoms with E-state index in [0.717, 1.165) is 0 Å². The monoisotopic (exact) mass is 342 g/mol. The molecular formula is C18H26OSi3. The van der Waals surface area contributed by atoms with Gasteiger partial charge in [0.25, 0.3) is 0 Å². The highest BCUT2D eigenvalue weighted by atomic mass is 29.6. The average Bonchev–Trinajstić information content (AvgIpc) is 2.48. The topological polar surface area (TPSA) is 9.23 Å². The highest BCUT2D eigenvalue weighted by Crippen LogP contribution is 2.35. The third-order valence-corrected chi connectivity index (χ3v) is 36.6. The molecule has 0 aliphatic carbocycles. The Labute approximate surface area is 138 Å². The summed E-state index contributed by atoms with van der Waals surface area (Å²) >= 11 is 0. The van der Waals surface area contributed by atoms with Crippen LogP contribution in [0, 0.1) is 0 Å². The summed E-state index contributed by atoms with van der Waals surface area (Å²) in [6, 6.07) is 23.9. The second-order valence-electron chi connectivity index (χ2n) is 7.75. The Morgan fingerprint density at radius 3 is 1.73 bits per heavy atom. The van der Waals surface area contributed by atoms with Gasteiger partial charge in [0.2, 0.25) is 0 Å². The van der Waals surface area contributed by atoms with Crippen LogP contribution in [-0.2, 0) is 4.43 Å². The van der Waals surface area contributed by atoms with E-state index < -0.39 is 24.0 Å². The van der Waals surface area contributed by atoms with E-state index in [0.29, 0.717) is 0 Å². The lowest BCUT2D eigenvalue weighted by atomic mass is 10.2. The first kappa shape index (κ1) is 15.9. The maximum absolute atomic E-state index is 6.56. The second kappa shape index (κ2) is 5.60. The summed E-state index contributed by atoms with van der Waals surface area (Å²) in [7, 11) is -3.70. The normalized spacial score (nSPS) is 23.3. The summed E-state index contributed by atoms with van der Waals surface area (Å²) in [4.78, 5) is 0. The molecule has 0 bridgehead atoms. The van der Waals surface area contributed by atoms with Gasteiger partial charge in [-0.2, -0.15) is 0 Å². The van der Waals surface area contributed by atoms with Gasteiger partial charge in [-0.1, -0.05) is 84.1 Å². The first-order valence-corrected chi connectivity index (χ1v) is 17.2. The first-order valence-electron chi connectivity index (χ1n) is 8.12. The Balaban J connectivity index is 2.21. The highest BCUT2D eigenvalue weighted by Gasteiger charge is 2.57. The zero-order chi connectivity index (χ0) is 15.8. The average molecular weight is 343 g/mol. The summed E-state index contributed by atoms with van der Waals surface area (Å²) < 4.78 is 6.56. The minimum absolute atomic E-state index is 0.0853. The van der Waals surface area contributed by atoms with E-state index in [9.17, 15) is 0 Å². The van der Waals surface area contributed by atoms with Crippen LogP contribution in [0.25, 0.3) is 0 Å². The smallest absolute Gasteiger partial charge is 0.159 e. The quantitative estimate of drug-likeness (QED) is 0.762. The number of benzene rings is 2. The van der Waals surface area contributed by atoms with Crippen molar-refractivity contribution in [3.8, 4) is 0 Å². The van der Waals surface area contributed by atoms with Crippen molar-refractivity contribution in [1.82, 2.24) is 0 Å². The molecule has 1 aliphatic heterocycles. The molecule has 0 radical (unpaired) electrons. The van der Waals surface area contributed by atoms with Gasteiger partial charge < -0.3 is 4.43 Å². The standard InChI is InChI=1S/C18H26OSi3/c1-18(2)15-21(3,4)22(20-19-18,16-11-7-5-8-12-16)17-13-9-6-10-14-17/h5-14H,15,20H2,1-4H3. The van der Waals surface area contributed by atoms with E-state index >= 15 is 0 Å². The van der Waals surface area contributed by atoms with E-state index in [1.165, 1.54) is 6.04 Å². The third-order valence-electron chi connectivity index (χ3n) is 5.24. The third kappa shape index (κ3) is 2.58. The van der Waals surface area contributed by atoms with Gasteiger partial charge in [0.1, 0.15) is 7.11 Å². The summed E-state index contributed by atoms with van der Waals surface area (Å²) in [5, 5.41) is 3.22. The molecule has 0 spiro atoms. The van der Waals surface area contributed by atoms with Crippen molar-refractivity contribution >= 4 is 34.4 Å². The molecule has 116 valence electrons. The van der Waals surface area contributed by atoms with Crippen molar-refractivity contribution in [3.05, 3.63) is 60.7 Å². The molecule has 3 rings (SSSR count). The van der Waals surface area contributed by atoms with Gasteiger partial charge in [-0.3, -0.25) is 0 Å². The number of hydrogen-bond donors (Lipinski definition) is 0. The van der Waals surface area contributed by atoms with E-state index in [1.54, 1.807) is 10.4 Å². The van der Waals surface area contributed by atoms with Gasteiger partial charge in [-0.15, -0.1) is 0 Å². The van der Waals surface area contributed by atoms with E-state index in [4.69, 9.17) is 4.43 Å². The Hall–Kier alpha value is -0.949. The lowest BCUT2D eigenvalue weighted by Crippen LogP contribution is -2.82. The van der Waals surface area contributed by atoms with Crippen molar-refractivity contribution in [2.45, 2.75) is 38.6 Å². The summed E-state index contributed by atoms with van der Waals surface area (Å²) in [5.41, 5.74) is 0.0853. The second-order valence-corrected chi connectivity index (χ2v) is 28.2. The fourth-order valence-electron chi connectivity index (χ4n) is 4.33. The molecule has 1 aliphatic rings. The van der Waals surface area contributed by atoms with Crippen LogP contribution in [-0.4, -0.2) is 29.6 Å². The first-order chi connectivity index (χ1) is 10.4. The summed E-state index contributed by atoms with van der Waals surface area (Å²) in [5.74, 6) is 0. The molecule has 0 atom stereocenters. The number of rotatable bonds is 2. The van der Waals surface area contributed by atoms with E-state index in [-0.39, 0.29) is 5.60 Å². The lowest BCUT2D eigenvalue weighted by molar-refractivity contribution is 0.139. The zero-order valence-electron chi connectivity index (χ0n) is 14.1. The molecule has 0 unspecified atom stereocenters. The van der Waals surface area contributed by atoms with Crippen LogP contribution < -0.4 is 10.4 Å². The van der Waals surface area contributed by atoms with Crippen LogP contribution in [0.2, 0.25) is 19.1 Å². The molecule has 0 saturated carbocycles. The predicted molar refractivity (Wildman–Crippen MR) is 104 cm³/mol. The van der Waals surface area contributed by atoms with E-state index in [2.05, 4.69) is 87.6 Å². The molecule has 2 aromatic rings. The Kier molecular flexibility index (Phi) is 4.05. The molecule has 0 aromatic heterocycles. The van der Waals surface area contributed by atoms with Crippen LogP contribution in [0.5, 0.6) is 0 Å². The summed E-state index contributed by atoms with van der Waals surface area (Å²) in [6.07, 6.45) is 0. The molecule has 1 fully saturated rings. The van der Waals surface area contributed by atoms with Crippen molar-refractivity contribution in [1.29, 1.82) is 0 Å². The van der Waals surface area contributed by atoms with Gasteiger partial charge in [-0.05, 0) is 19.9 Å². The molecule has 1 saturated heterocycles. The molecule has 0 amide bonds. The van der Waals surface area contributed by atoms with Gasteiger partial charge in [0.05, 0.1) is 7.59 Å². The maximum atomic E-state index is 6.56. The van der Waals surface area contributed by atoms with Gasteiger partial charge in [0, 0.05) is 5.60 Å². The Morgan fingerprint density at radius 2 is 1.32 bits per heavy atom. The molecule has 4 heteroatoms. The fraction of sp³-hybridized carbons (Fsp3) is 0.333. The largest absolute Gasteiger partial charge is 0.422 e. The van der Waals surface area contributed by atoms with Crippen molar-refractivity contribution in [3.63, 3.8) is 0 Å². The minimum atomic E-state index is -1.70. The molecule has 2 aromatic carbocycles. The van der Waals surface area contributed by atoms with Crippen molar-refractivity contribution in [2.24, 2.45) is 0 Å². The van der Waals surface area contributed by atoms with Gasteiger partial charge in [0.15, 0.2) is 9.28 Å². The van der Waals surface area contributed by atoms with Crippen LogP contribution in [0.1, 0.15) is 13.8 Å². The van der Waals surface area contributed by atoms with Crippen LogP contribution in [0.4, 0.5) is 0 Å². The Bertz CT molecular complexity index is 598. The summed E-state index contributed by atoms with van der Waals surface area (Å²) in [6.45, 7) is 9.83. The Morgan fingerprint density at radius 1 is 0.864 bits per heavy atom. The maximum Gasteiger partial charge on any atom is 0.159 e. The lowest BCUT2D eigenvalue weighted by Gasteiger charge is -2.53. The predicted octanol–water partition coefficient (Wildman–Crippen LogP) is 2.43. The van der Waals surface area contributed by atoms with Crippen LogP contribution >= 0.6 is 0 Å². The van der Waals surface area contributed by atoms with E-state index in [1.807, 2.05) is 0 Å². The van der Waals surface area contributed by atoms with Crippen LogP contribution in [0.3, 0.4) is 0 Å². The molecule has 22 heavy (non-hydrogen) atoms. The van der Waals surface area contributed by atoms with Gasteiger partial charge in [-0.25, -0.2) is 0 Å². The number of hydrogen-bond acceptors (Lipinski definition) is 1. The highest BCUT2D eigenvalue weighted by molar-refractivity contribution is 7.69. The molecule has 0 N–H and O–H groups in total.